The third-order valence-corrected chi connectivity index (χ3v) is 11.2. The molecule has 190 valence electrons. The van der Waals surface area contributed by atoms with Crippen molar-refractivity contribution in [3.63, 3.8) is 0 Å². The van der Waals surface area contributed by atoms with E-state index in [0.29, 0.717) is 23.7 Å². The largest absolute Gasteiger partial charge is 0.462 e. The molecule has 0 aliphatic heterocycles. The van der Waals surface area contributed by atoms with E-state index in [2.05, 4.69) is 27.7 Å². The van der Waals surface area contributed by atoms with Crippen molar-refractivity contribution in [2.75, 3.05) is 0 Å². The Bertz CT molecular complexity index is 704. The molecule has 0 unspecified atom stereocenters. The van der Waals surface area contributed by atoms with Crippen LogP contribution in [0.1, 0.15) is 118 Å². The Morgan fingerprint density at radius 2 is 1.67 bits per heavy atom. The van der Waals surface area contributed by atoms with E-state index < -0.39 is 5.60 Å². The smallest absolute Gasteiger partial charge is 0.302 e. The first-order chi connectivity index (χ1) is 15.5. The van der Waals surface area contributed by atoms with Crippen LogP contribution in [0.5, 0.6) is 0 Å². The van der Waals surface area contributed by atoms with Gasteiger partial charge in [0.1, 0.15) is 6.10 Å². The van der Waals surface area contributed by atoms with E-state index in [4.69, 9.17) is 4.74 Å². The number of ether oxygens (including phenoxy) is 1. The van der Waals surface area contributed by atoms with Crippen molar-refractivity contribution in [2.24, 2.45) is 40.4 Å². The maximum atomic E-state index is 12.0. The van der Waals surface area contributed by atoms with Crippen molar-refractivity contribution in [3.8, 4) is 0 Å². The lowest BCUT2D eigenvalue weighted by Crippen LogP contribution is -2.59. The van der Waals surface area contributed by atoms with Gasteiger partial charge in [-0.3, -0.25) is 4.79 Å². The number of hydrogen-bond donors (Lipinski definition) is 2. The summed E-state index contributed by atoms with van der Waals surface area (Å²) in [6.07, 6.45) is 13.8. The number of rotatable bonds is 7. The summed E-state index contributed by atoms with van der Waals surface area (Å²) >= 11 is 0. The van der Waals surface area contributed by atoms with E-state index in [1.165, 1.54) is 45.4 Å². The first-order valence-corrected chi connectivity index (χ1v) is 14.1. The molecule has 0 aromatic carbocycles. The Morgan fingerprint density at radius 3 is 2.36 bits per heavy atom. The molecule has 0 saturated heterocycles. The molecule has 4 aliphatic carbocycles. The van der Waals surface area contributed by atoms with Crippen LogP contribution in [-0.2, 0) is 9.53 Å². The van der Waals surface area contributed by atoms with Gasteiger partial charge in [-0.05, 0) is 99.2 Å². The topological polar surface area (TPSA) is 66.8 Å². The van der Waals surface area contributed by atoms with E-state index in [-0.39, 0.29) is 34.9 Å². The van der Waals surface area contributed by atoms with Gasteiger partial charge >= 0.3 is 5.97 Å². The van der Waals surface area contributed by atoms with Gasteiger partial charge in [-0.1, -0.05) is 46.5 Å². The van der Waals surface area contributed by atoms with E-state index in [1.807, 2.05) is 0 Å². The molecule has 0 bridgehead atoms. The molecule has 4 fully saturated rings. The Morgan fingerprint density at radius 1 is 0.970 bits per heavy atom. The lowest BCUT2D eigenvalue weighted by molar-refractivity contribution is -0.195. The Kier molecular flexibility index (Phi) is 7.30. The molecular formula is C29H50O4. The van der Waals surface area contributed by atoms with Crippen LogP contribution >= 0.6 is 0 Å². The molecule has 4 aliphatic rings. The molecule has 33 heavy (non-hydrogen) atoms. The molecule has 4 nitrogen and oxygen atoms in total. The lowest BCUT2D eigenvalue weighted by Gasteiger charge is -2.62. The van der Waals surface area contributed by atoms with Crippen molar-refractivity contribution in [1.82, 2.24) is 0 Å². The average molecular weight is 463 g/mol. The summed E-state index contributed by atoms with van der Waals surface area (Å²) in [4.78, 5) is 12.0. The molecule has 0 aromatic rings. The zero-order valence-electron chi connectivity index (χ0n) is 21.9. The molecular weight excluding hydrogens is 412 g/mol. The van der Waals surface area contributed by atoms with Crippen molar-refractivity contribution in [3.05, 3.63) is 0 Å². The molecule has 4 saturated carbocycles. The Labute approximate surface area is 202 Å². The molecule has 0 heterocycles. The van der Waals surface area contributed by atoms with Crippen molar-refractivity contribution in [2.45, 2.75) is 136 Å². The second-order valence-corrected chi connectivity index (χ2v) is 13.1. The highest BCUT2D eigenvalue weighted by Gasteiger charge is 2.64. The molecule has 0 spiro atoms. The molecule has 0 aromatic heterocycles. The second kappa shape index (κ2) is 9.45. The minimum atomic E-state index is -0.588. The second-order valence-electron chi connectivity index (χ2n) is 13.1. The number of carbonyl (C=O) groups excluding carboxylic acids is 1. The standard InChI is InChI=1S/C29H50O4/c1-6-7-8-9-14-29(5,32)26-11-10-22-21-18-25(33-19(2)30)24-17-20(31)12-15-27(24,3)23(21)13-16-28(22,26)4/h20-26,31-32H,6-18H2,1-5H3/t20-,21-,22-,23-,24+,25-,26-,27+,28-,29-/m0/s1. The molecule has 0 amide bonds. The van der Waals surface area contributed by atoms with E-state index in [0.717, 1.165) is 44.9 Å². The van der Waals surface area contributed by atoms with Crippen molar-refractivity contribution < 1.29 is 19.7 Å². The van der Waals surface area contributed by atoms with Gasteiger partial charge in [0.05, 0.1) is 11.7 Å². The van der Waals surface area contributed by atoms with Crippen LogP contribution in [-0.4, -0.2) is 34.0 Å². The van der Waals surface area contributed by atoms with Crippen LogP contribution in [0.25, 0.3) is 0 Å². The molecule has 10 atom stereocenters. The highest BCUT2D eigenvalue weighted by Crippen LogP contribution is 2.69. The number of esters is 1. The number of unbranched alkanes of at least 4 members (excludes halogenated alkanes) is 3. The third kappa shape index (κ3) is 4.53. The van der Waals surface area contributed by atoms with Gasteiger partial charge in [-0.15, -0.1) is 0 Å². The van der Waals surface area contributed by atoms with Crippen LogP contribution in [0.3, 0.4) is 0 Å². The minimum absolute atomic E-state index is 0.0698. The highest BCUT2D eigenvalue weighted by molar-refractivity contribution is 5.66. The first kappa shape index (κ1) is 25.5. The maximum absolute atomic E-state index is 12.0. The fourth-order valence-corrected chi connectivity index (χ4v) is 9.70. The normalized spacial score (nSPS) is 46.6. The maximum Gasteiger partial charge on any atom is 0.302 e. The molecule has 4 heteroatoms. The fraction of sp³-hybridized carbons (Fsp3) is 0.966. The van der Waals surface area contributed by atoms with Crippen LogP contribution in [0.15, 0.2) is 0 Å². The van der Waals surface area contributed by atoms with Crippen LogP contribution in [0, 0.1) is 40.4 Å². The predicted molar refractivity (Wildman–Crippen MR) is 132 cm³/mol. The number of hydrogen-bond acceptors (Lipinski definition) is 4. The SMILES string of the molecule is CCCCCC[C@](C)(O)[C@H]1CC[C@H]2[C@@H]3C[C@H](OC(C)=O)[C@H]4C[C@@H](O)CC[C@]4(C)[C@H]3CC[C@@]21C. The Hall–Kier alpha value is -0.610. The summed E-state index contributed by atoms with van der Waals surface area (Å²) in [5.74, 6) is 2.27. The molecule has 2 N–H and O–H groups in total. The Balaban J connectivity index is 1.57. The zero-order valence-corrected chi connectivity index (χ0v) is 21.9. The number of aliphatic hydroxyl groups excluding tert-OH is 1. The number of aliphatic hydroxyl groups is 2. The van der Waals surface area contributed by atoms with E-state index in [9.17, 15) is 15.0 Å². The van der Waals surface area contributed by atoms with Gasteiger partial charge in [0, 0.05) is 12.8 Å². The summed E-state index contributed by atoms with van der Waals surface area (Å²) in [6, 6.07) is 0. The van der Waals surface area contributed by atoms with Crippen LogP contribution in [0.4, 0.5) is 0 Å². The zero-order chi connectivity index (χ0) is 24.0. The summed E-state index contributed by atoms with van der Waals surface area (Å²) < 4.78 is 5.98. The quantitative estimate of drug-likeness (QED) is 0.346. The summed E-state index contributed by atoms with van der Waals surface area (Å²) in [6.45, 7) is 10.8. The van der Waals surface area contributed by atoms with Gasteiger partial charge < -0.3 is 14.9 Å². The molecule has 4 rings (SSSR count). The average Bonchev–Trinajstić information content (AvgIpc) is 3.10. The van der Waals surface area contributed by atoms with Gasteiger partial charge in [-0.2, -0.15) is 0 Å². The van der Waals surface area contributed by atoms with E-state index >= 15 is 0 Å². The minimum Gasteiger partial charge on any atom is -0.462 e. The summed E-state index contributed by atoms with van der Waals surface area (Å²) in [5.41, 5.74) is -0.270. The van der Waals surface area contributed by atoms with Gasteiger partial charge in [-0.25, -0.2) is 0 Å². The predicted octanol–water partition coefficient (Wildman–Crippen LogP) is 6.27. The fourth-order valence-electron chi connectivity index (χ4n) is 9.70. The van der Waals surface area contributed by atoms with Gasteiger partial charge in [0.2, 0.25) is 0 Å². The van der Waals surface area contributed by atoms with E-state index in [1.54, 1.807) is 0 Å². The monoisotopic (exact) mass is 462 g/mol. The van der Waals surface area contributed by atoms with Crippen LogP contribution in [0.2, 0.25) is 0 Å². The number of fused-ring (bicyclic) bond motifs is 5. The van der Waals surface area contributed by atoms with Gasteiger partial charge in [0.15, 0.2) is 0 Å². The van der Waals surface area contributed by atoms with Crippen molar-refractivity contribution in [1.29, 1.82) is 0 Å². The van der Waals surface area contributed by atoms with Crippen LogP contribution < -0.4 is 0 Å². The highest BCUT2D eigenvalue weighted by atomic mass is 16.5. The number of carbonyl (C=O) groups is 1. The summed E-state index contributed by atoms with van der Waals surface area (Å²) in [7, 11) is 0. The lowest BCUT2D eigenvalue weighted by atomic mass is 9.43. The first-order valence-electron chi connectivity index (χ1n) is 14.1. The van der Waals surface area contributed by atoms with Crippen molar-refractivity contribution >= 4 is 5.97 Å². The molecule has 0 radical (unpaired) electrons. The van der Waals surface area contributed by atoms with Gasteiger partial charge in [0.25, 0.3) is 0 Å². The summed E-state index contributed by atoms with van der Waals surface area (Å²) in [5, 5.41) is 22.1. The third-order valence-electron chi connectivity index (χ3n) is 11.2.